The van der Waals surface area contributed by atoms with Gasteiger partial charge in [0.05, 0.1) is 11.5 Å². The van der Waals surface area contributed by atoms with E-state index < -0.39 is 5.60 Å². The Kier molecular flexibility index (Phi) is 4.15. The third-order valence-corrected chi connectivity index (χ3v) is 4.78. The van der Waals surface area contributed by atoms with Crippen LogP contribution >= 0.6 is 0 Å². The number of fused-ring (bicyclic) bond motifs is 1. The number of hydrogen-bond acceptors (Lipinski definition) is 3. The van der Waals surface area contributed by atoms with Crippen molar-refractivity contribution < 1.29 is 9.90 Å². The second kappa shape index (κ2) is 6.06. The van der Waals surface area contributed by atoms with Gasteiger partial charge in [0.1, 0.15) is 0 Å². The molecule has 0 bridgehead atoms. The quantitative estimate of drug-likeness (QED) is 0.748. The Balaban J connectivity index is 1.60. The summed E-state index contributed by atoms with van der Waals surface area (Å²) >= 11 is 0. The molecule has 1 aromatic rings. The van der Waals surface area contributed by atoms with Crippen LogP contribution in [0.15, 0.2) is 24.3 Å². The van der Waals surface area contributed by atoms with Crippen LogP contribution in [0.25, 0.3) is 0 Å². The van der Waals surface area contributed by atoms with Crippen LogP contribution in [-0.2, 0) is 4.79 Å². The van der Waals surface area contributed by atoms with E-state index in [4.69, 9.17) is 0 Å². The lowest BCUT2D eigenvalue weighted by Gasteiger charge is -2.27. The Morgan fingerprint density at radius 1 is 1.24 bits per heavy atom. The molecule has 3 rings (SSSR count). The molecule has 1 amide bonds. The fourth-order valence-corrected chi connectivity index (χ4v) is 3.46. The molecule has 0 saturated heterocycles. The van der Waals surface area contributed by atoms with Crippen LogP contribution < -0.4 is 10.6 Å². The van der Waals surface area contributed by atoms with E-state index in [1.54, 1.807) is 0 Å². The van der Waals surface area contributed by atoms with Crippen LogP contribution in [0.2, 0.25) is 0 Å². The molecule has 0 spiro atoms. The van der Waals surface area contributed by atoms with E-state index in [1.165, 1.54) is 12.8 Å². The van der Waals surface area contributed by atoms with Gasteiger partial charge < -0.3 is 15.7 Å². The van der Waals surface area contributed by atoms with Crippen molar-refractivity contribution >= 4 is 11.6 Å². The molecule has 1 aromatic carbocycles. The van der Waals surface area contributed by atoms with E-state index in [-0.39, 0.29) is 11.8 Å². The molecule has 1 aliphatic carbocycles. The summed E-state index contributed by atoms with van der Waals surface area (Å²) in [5, 5.41) is 16.8. The largest absolute Gasteiger partial charge is 0.388 e. The fraction of sp³-hybridized carbons (Fsp3) is 0.588. The van der Waals surface area contributed by atoms with Gasteiger partial charge in [0.2, 0.25) is 5.91 Å². The highest BCUT2D eigenvalue weighted by atomic mass is 16.3. The summed E-state index contributed by atoms with van der Waals surface area (Å²) in [6.45, 7) is 1.02. The smallest absolute Gasteiger partial charge is 0.229 e. The van der Waals surface area contributed by atoms with Crippen molar-refractivity contribution in [3.05, 3.63) is 29.8 Å². The Hall–Kier alpha value is -1.55. The molecule has 1 fully saturated rings. The second-order valence-electron chi connectivity index (χ2n) is 6.38. The molecule has 0 aromatic heterocycles. The topological polar surface area (TPSA) is 61.4 Å². The number of anilines is 1. The van der Waals surface area contributed by atoms with Gasteiger partial charge in [0.25, 0.3) is 0 Å². The number of rotatable bonds is 3. The van der Waals surface area contributed by atoms with Gasteiger partial charge in [-0.2, -0.15) is 0 Å². The van der Waals surface area contributed by atoms with Gasteiger partial charge >= 0.3 is 0 Å². The highest BCUT2D eigenvalue weighted by Crippen LogP contribution is 2.31. The lowest BCUT2D eigenvalue weighted by Crippen LogP contribution is -2.44. The summed E-state index contributed by atoms with van der Waals surface area (Å²) in [7, 11) is 0. The molecule has 4 heteroatoms. The zero-order valence-corrected chi connectivity index (χ0v) is 12.4. The molecular weight excluding hydrogens is 264 g/mol. The Bertz CT molecular complexity index is 507. The van der Waals surface area contributed by atoms with E-state index in [0.717, 1.165) is 36.9 Å². The zero-order valence-electron chi connectivity index (χ0n) is 12.4. The number of hydrogen-bond donors (Lipinski definition) is 3. The SMILES string of the molecule is O=C(NCC1(O)CCCCCC1)C1CNc2ccccc21. The normalized spacial score (nSPS) is 23.8. The van der Waals surface area contributed by atoms with Crippen molar-refractivity contribution in [3.8, 4) is 0 Å². The van der Waals surface area contributed by atoms with Gasteiger partial charge in [-0.15, -0.1) is 0 Å². The number of amides is 1. The molecule has 2 aliphatic rings. The lowest BCUT2D eigenvalue weighted by atomic mass is 9.93. The fourth-order valence-electron chi connectivity index (χ4n) is 3.46. The summed E-state index contributed by atoms with van der Waals surface area (Å²) in [5.41, 5.74) is 1.39. The standard InChI is InChI=1S/C17H24N2O2/c20-16(14-11-18-15-8-4-3-7-13(14)15)19-12-17(21)9-5-1-2-6-10-17/h3-4,7-8,14,18,21H,1-2,5-6,9-12H2,(H,19,20). The molecule has 4 nitrogen and oxygen atoms in total. The third-order valence-electron chi connectivity index (χ3n) is 4.78. The first kappa shape index (κ1) is 14.4. The minimum Gasteiger partial charge on any atom is -0.388 e. The van der Waals surface area contributed by atoms with E-state index in [0.29, 0.717) is 13.1 Å². The van der Waals surface area contributed by atoms with Crippen LogP contribution in [0.1, 0.15) is 50.0 Å². The maximum atomic E-state index is 12.4. The molecular formula is C17H24N2O2. The number of carbonyl (C=O) groups excluding carboxylic acids is 1. The summed E-state index contributed by atoms with van der Waals surface area (Å²) in [6, 6.07) is 7.94. The van der Waals surface area contributed by atoms with Crippen LogP contribution in [-0.4, -0.2) is 29.7 Å². The third kappa shape index (κ3) is 3.21. The summed E-state index contributed by atoms with van der Waals surface area (Å²) < 4.78 is 0. The highest BCUT2D eigenvalue weighted by molar-refractivity contribution is 5.88. The van der Waals surface area contributed by atoms with Crippen molar-refractivity contribution in [1.82, 2.24) is 5.32 Å². The number of benzene rings is 1. The second-order valence-corrected chi connectivity index (χ2v) is 6.38. The van der Waals surface area contributed by atoms with Crippen molar-refractivity contribution in [2.24, 2.45) is 0 Å². The molecule has 3 N–H and O–H groups in total. The van der Waals surface area contributed by atoms with Crippen LogP contribution in [0.3, 0.4) is 0 Å². The van der Waals surface area contributed by atoms with Gasteiger partial charge in [-0.25, -0.2) is 0 Å². The van der Waals surface area contributed by atoms with Crippen LogP contribution in [0.5, 0.6) is 0 Å². The summed E-state index contributed by atoms with van der Waals surface area (Å²) in [6.07, 6.45) is 6.09. The molecule has 1 unspecified atom stereocenters. The number of para-hydroxylation sites is 1. The zero-order chi connectivity index (χ0) is 14.7. The predicted octanol–water partition coefficient (Wildman–Crippen LogP) is 2.40. The molecule has 114 valence electrons. The van der Waals surface area contributed by atoms with Crippen LogP contribution in [0, 0.1) is 0 Å². The predicted molar refractivity (Wildman–Crippen MR) is 83.3 cm³/mol. The average molecular weight is 288 g/mol. The van der Waals surface area contributed by atoms with Gasteiger partial charge in [-0.05, 0) is 24.5 Å². The first-order valence-corrected chi connectivity index (χ1v) is 8.01. The monoisotopic (exact) mass is 288 g/mol. The van der Waals surface area contributed by atoms with Crippen molar-refractivity contribution in [2.45, 2.75) is 50.0 Å². The van der Waals surface area contributed by atoms with Crippen molar-refractivity contribution in [2.75, 3.05) is 18.4 Å². The Morgan fingerprint density at radius 2 is 1.95 bits per heavy atom. The van der Waals surface area contributed by atoms with Crippen molar-refractivity contribution in [3.63, 3.8) is 0 Å². The Morgan fingerprint density at radius 3 is 2.71 bits per heavy atom. The highest BCUT2D eigenvalue weighted by Gasteiger charge is 2.32. The Labute approximate surface area is 125 Å². The molecule has 1 aliphatic heterocycles. The maximum Gasteiger partial charge on any atom is 0.229 e. The van der Waals surface area contributed by atoms with Crippen LogP contribution in [0.4, 0.5) is 5.69 Å². The average Bonchev–Trinajstić information content (AvgIpc) is 2.81. The van der Waals surface area contributed by atoms with Crippen molar-refractivity contribution in [1.29, 1.82) is 0 Å². The van der Waals surface area contributed by atoms with E-state index in [9.17, 15) is 9.90 Å². The van der Waals surface area contributed by atoms with Gasteiger partial charge in [-0.1, -0.05) is 43.9 Å². The minimum absolute atomic E-state index is 0.0186. The first-order valence-electron chi connectivity index (χ1n) is 8.01. The number of aliphatic hydroxyl groups is 1. The van der Waals surface area contributed by atoms with Gasteiger partial charge in [-0.3, -0.25) is 4.79 Å². The number of carbonyl (C=O) groups is 1. The molecule has 1 saturated carbocycles. The number of nitrogens with one attached hydrogen (secondary N) is 2. The van der Waals surface area contributed by atoms with E-state index >= 15 is 0 Å². The summed E-state index contributed by atoms with van der Waals surface area (Å²) in [5.74, 6) is -0.124. The minimum atomic E-state index is -0.711. The molecule has 21 heavy (non-hydrogen) atoms. The maximum absolute atomic E-state index is 12.4. The van der Waals surface area contributed by atoms with Gasteiger partial charge in [0.15, 0.2) is 0 Å². The summed E-state index contributed by atoms with van der Waals surface area (Å²) in [4.78, 5) is 12.4. The van der Waals surface area contributed by atoms with E-state index in [2.05, 4.69) is 10.6 Å². The molecule has 1 atom stereocenters. The molecule has 0 radical (unpaired) electrons. The molecule has 1 heterocycles. The lowest BCUT2D eigenvalue weighted by molar-refractivity contribution is -0.123. The first-order chi connectivity index (χ1) is 10.2. The van der Waals surface area contributed by atoms with Gasteiger partial charge in [0, 0.05) is 18.8 Å². The van der Waals surface area contributed by atoms with E-state index in [1.807, 2.05) is 24.3 Å².